The Kier molecular flexibility index (Phi) is 5.83. The van der Waals surface area contributed by atoms with E-state index in [1.165, 1.54) is 4.88 Å². The molecule has 0 unspecified atom stereocenters. The van der Waals surface area contributed by atoms with Crippen LogP contribution in [0.15, 0.2) is 46.3 Å². The highest BCUT2D eigenvalue weighted by molar-refractivity contribution is 9.10. The summed E-state index contributed by atoms with van der Waals surface area (Å²) in [4.78, 5) is 16.0. The third kappa shape index (κ3) is 4.41. The first-order chi connectivity index (χ1) is 11.2. The fourth-order valence-corrected chi connectivity index (χ4v) is 3.80. The molecule has 1 amide bonds. The summed E-state index contributed by atoms with van der Waals surface area (Å²) in [6, 6.07) is 11.8. The summed E-state index contributed by atoms with van der Waals surface area (Å²) in [6.07, 6.45) is 0. The van der Waals surface area contributed by atoms with E-state index >= 15 is 0 Å². The van der Waals surface area contributed by atoms with E-state index in [0.717, 1.165) is 30.8 Å². The molecule has 1 aliphatic heterocycles. The van der Waals surface area contributed by atoms with Crippen LogP contribution in [0, 0.1) is 0 Å². The van der Waals surface area contributed by atoms with Crippen LogP contribution in [-0.2, 0) is 4.74 Å². The SMILES string of the molecule is O=C(NC[C@@H](c1cccs1)N1CCOCC1)c1ccc(Br)cc1. The minimum atomic E-state index is -0.0349. The molecule has 0 spiro atoms. The van der Waals surface area contributed by atoms with Crippen LogP contribution in [0.5, 0.6) is 0 Å². The number of thiophene rings is 1. The van der Waals surface area contributed by atoms with Crippen LogP contribution in [0.3, 0.4) is 0 Å². The second kappa shape index (κ2) is 8.06. The van der Waals surface area contributed by atoms with Crippen molar-refractivity contribution in [3.05, 3.63) is 56.7 Å². The Bertz CT molecular complexity index is 625. The van der Waals surface area contributed by atoms with Crippen LogP contribution in [0.2, 0.25) is 0 Å². The van der Waals surface area contributed by atoms with Crippen LogP contribution in [0.25, 0.3) is 0 Å². The second-order valence-corrected chi connectivity index (χ2v) is 7.29. The van der Waals surface area contributed by atoms with Crippen LogP contribution in [0.1, 0.15) is 21.3 Å². The topological polar surface area (TPSA) is 41.6 Å². The van der Waals surface area contributed by atoms with Gasteiger partial charge in [-0.3, -0.25) is 9.69 Å². The summed E-state index contributed by atoms with van der Waals surface area (Å²) in [6.45, 7) is 3.91. The van der Waals surface area contributed by atoms with Crippen molar-refractivity contribution in [2.45, 2.75) is 6.04 Å². The number of ether oxygens (including phenoxy) is 1. The van der Waals surface area contributed by atoms with E-state index in [1.54, 1.807) is 11.3 Å². The predicted molar refractivity (Wildman–Crippen MR) is 95.9 cm³/mol. The maximum atomic E-state index is 12.3. The molecule has 6 heteroatoms. The first-order valence-electron chi connectivity index (χ1n) is 7.63. The summed E-state index contributed by atoms with van der Waals surface area (Å²) in [5, 5.41) is 5.16. The van der Waals surface area contributed by atoms with Gasteiger partial charge in [0.25, 0.3) is 5.91 Å². The van der Waals surface area contributed by atoms with Gasteiger partial charge in [0.15, 0.2) is 0 Å². The lowest BCUT2D eigenvalue weighted by Gasteiger charge is -2.34. The lowest BCUT2D eigenvalue weighted by atomic mass is 10.1. The fraction of sp³-hybridized carbons (Fsp3) is 0.353. The first-order valence-corrected chi connectivity index (χ1v) is 9.30. The molecule has 1 fully saturated rings. The highest BCUT2D eigenvalue weighted by Crippen LogP contribution is 2.25. The summed E-state index contributed by atoms with van der Waals surface area (Å²) in [5.74, 6) is -0.0349. The minimum Gasteiger partial charge on any atom is -0.379 e. The van der Waals surface area contributed by atoms with Crippen molar-refractivity contribution >= 4 is 33.2 Å². The van der Waals surface area contributed by atoms with E-state index in [9.17, 15) is 4.79 Å². The fourth-order valence-electron chi connectivity index (χ4n) is 2.67. The number of nitrogens with one attached hydrogen (secondary N) is 1. The zero-order chi connectivity index (χ0) is 16.1. The lowest BCUT2D eigenvalue weighted by Crippen LogP contribution is -2.43. The van der Waals surface area contributed by atoms with Gasteiger partial charge >= 0.3 is 0 Å². The van der Waals surface area contributed by atoms with Crippen molar-refractivity contribution in [3.8, 4) is 0 Å². The maximum Gasteiger partial charge on any atom is 0.251 e. The van der Waals surface area contributed by atoms with Gasteiger partial charge in [-0.05, 0) is 35.7 Å². The summed E-state index contributed by atoms with van der Waals surface area (Å²) < 4.78 is 6.41. The molecule has 2 heterocycles. The van der Waals surface area contributed by atoms with Crippen LogP contribution >= 0.6 is 27.3 Å². The highest BCUT2D eigenvalue weighted by Gasteiger charge is 2.24. The Hall–Kier alpha value is -1.21. The van der Waals surface area contributed by atoms with E-state index in [-0.39, 0.29) is 11.9 Å². The average Bonchev–Trinajstić information content (AvgIpc) is 3.11. The van der Waals surface area contributed by atoms with Gasteiger partial charge in [-0.1, -0.05) is 22.0 Å². The molecule has 1 saturated heterocycles. The number of hydrogen-bond acceptors (Lipinski definition) is 4. The minimum absolute atomic E-state index is 0.0349. The molecule has 0 radical (unpaired) electrons. The quantitative estimate of drug-likeness (QED) is 0.845. The average molecular weight is 395 g/mol. The molecular weight excluding hydrogens is 376 g/mol. The number of nitrogens with zero attached hydrogens (tertiary/aromatic N) is 1. The number of carbonyl (C=O) groups excluding carboxylic acids is 1. The zero-order valence-corrected chi connectivity index (χ0v) is 15.1. The molecule has 1 atom stereocenters. The molecule has 2 aromatic rings. The molecule has 0 aliphatic carbocycles. The Morgan fingerprint density at radius 2 is 2.00 bits per heavy atom. The molecule has 23 heavy (non-hydrogen) atoms. The number of benzene rings is 1. The molecule has 1 aromatic heterocycles. The van der Waals surface area contributed by atoms with Gasteiger partial charge in [-0.15, -0.1) is 11.3 Å². The number of halogens is 1. The van der Waals surface area contributed by atoms with Gasteiger partial charge in [0.2, 0.25) is 0 Å². The third-order valence-electron chi connectivity index (χ3n) is 3.92. The number of amides is 1. The molecule has 1 aromatic carbocycles. The molecule has 0 bridgehead atoms. The predicted octanol–water partition coefficient (Wildman–Crippen LogP) is 3.31. The first kappa shape index (κ1) is 16.6. The molecule has 122 valence electrons. The summed E-state index contributed by atoms with van der Waals surface area (Å²) >= 11 is 5.12. The smallest absolute Gasteiger partial charge is 0.251 e. The van der Waals surface area contributed by atoms with E-state index in [2.05, 4.69) is 43.7 Å². The Labute approximate surface area is 148 Å². The van der Waals surface area contributed by atoms with E-state index in [0.29, 0.717) is 12.1 Å². The summed E-state index contributed by atoms with van der Waals surface area (Å²) in [5.41, 5.74) is 0.681. The van der Waals surface area contributed by atoms with Gasteiger partial charge in [0, 0.05) is 34.5 Å². The van der Waals surface area contributed by atoms with E-state index < -0.39 is 0 Å². The lowest BCUT2D eigenvalue weighted by molar-refractivity contribution is 0.0169. The second-order valence-electron chi connectivity index (χ2n) is 5.40. The number of hydrogen-bond donors (Lipinski definition) is 1. The molecule has 3 rings (SSSR count). The highest BCUT2D eigenvalue weighted by atomic mass is 79.9. The van der Waals surface area contributed by atoms with Gasteiger partial charge in [-0.25, -0.2) is 0 Å². The summed E-state index contributed by atoms with van der Waals surface area (Å²) in [7, 11) is 0. The van der Waals surface area contributed by atoms with Gasteiger partial charge in [-0.2, -0.15) is 0 Å². The van der Waals surface area contributed by atoms with Crippen LogP contribution in [0.4, 0.5) is 0 Å². The van der Waals surface area contributed by atoms with Crippen molar-refractivity contribution in [2.24, 2.45) is 0 Å². The van der Waals surface area contributed by atoms with Crippen LogP contribution < -0.4 is 5.32 Å². The molecule has 0 saturated carbocycles. The number of rotatable bonds is 5. The standard InChI is InChI=1S/C17H19BrN2O2S/c18-14-5-3-13(4-6-14)17(21)19-12-15(16-2-1-11-23-16)20-7-9-22-10-8-20/h1-6,11,15H,7-10,12H2,(H,19,21)/t15-/m0/s1. The molecule has 1 aliphatic rings. The van der Waals surface area contributed by atoms with Gasteiger partial charge < -0.3 is 10.1 Å². The van der Waals surface area contributed by atoms with Gasteiger partial charge in [0.1, 0.15) is 0 Å². The van der Waals surface area contributed by atoms with Crippen molar-refractivity contribution in [3.63, 3.8) is 0 Å². The normalized spacial score (nSPS) is 16.9. The van der Waals surface area contributed by atoms with Crippen LogP contribution in [-0.4, -0.2) is 43.7 Å². The number of carbonyl (C=O) groups is 1. The van der Waals surface area contributed by atoms with E-state index in [4.69, 9.17) is 4.74 Å². The Morgan fingerprint density at radius 1 is 1.26 bits per heavy atom. The largest absolute Gasteiger partial charge is 0.379 e. The Morgan fingerprint density at radius 3 is 2.65 bits per heavy atom. The van der Waals surface area contributed by atoms with E-state index in [1.807, 2.05) is 24.3 Å². The van der Waals surface area contributed by atoms with Crippen molar-refractivity contribution < 1.29 is 9.53 Å². The van der Waals surface area contributed by atoms with Crippen molar-refractivity contribution in [1.29, 1.82) is 0 Å². The van der Waals surface area contributed by atoms with Crippen molar-refractivity contribution in [2.75, 3.05) is 32.8 Å². The molecule has 1 N–H and O–H groups in total. The molecule has 4 nitrogen and oxygen atoms in total. The number of morpholine rings is 1. The zero-order valence-electron chi connectivity index (χ0n) is 12.7. The van der Waals surface area contributed by atoms with Crippen molar-refractivity contribution in [1.82, 2.24) is 10.2 Å². The third-order valence-corrected chi connectivity index (χ3v) is 5.42. The Balaban J connectivity index is 1.66. The maximum absolute atomic E-state index is 12.3. The monoisotopic (exact) mass is 394 g/mol. The molecular formula is C17H19BrN2O2S. The van der Waals surface area contributed by atoms with Gasteiger partial charge in [0.05, 0.1) is 19.3 Å².